The maximum atomic E-state index is 10.9. The van der Waals surface area contributed by atoms with Crippen molar-refractivity contribution in [1.82, 2.24) is 16.0 Å². The Hall–Kier alpha value is -2.28. The summed E-state index contributed by atoms with van der Waals surface area (Å²) in [6.07, 6.45) is 0.906. The summed E-state index contributed by atoms with van der Waals surface area (Å²) < 4.78 is 10.5. The molecule has 140 valence electrons. The third-order valence-electron chi connectivity index (χ3n) is 3.33. The zero-order valence-corrected chi connectivity index (χ0v) is 15.4. The summed E-state index contributed by atoms with van der Waals surface area (Å²) in [7, 11) is 1.65. The largest absolute Gasteiger partial charge is 0.497 e. The van der Waals surface area contributed by atoms with E-state index in [1.807, 2.05) is 31.2 Å². The Morgan fingerprint density at radius 3 is 2.40 bits per heavy atom. The summed E-state index contributed by atoms with van der Waals surface area (Å²) in [5, 5.41) is 9.25. The van der Waals surface area contributed by atoms with Crippen LogP contribution in [0.25, 0.3) is 0 Å². The molecule has 0 fully saturated rings. The normalized spacial score (nSPS) is 11.1. The van der Waals surface area contributed by atoms with Gasteiger partial charge in [0.1, 0.15) is 5.75 Å². The van der Waals surface area contributed by atoms with Gasteiger partial charge in [-0.05, 0) is 31.0 Å². The van der Waals surface area contributed by atoms with Gasteiger partial charge in [0.2, 0.25) is 5.91 Å². The zero-order chi connectivity index (χ0) is 18.3. The van der Waals surface area contributed by atoms with E-state index in [1.165, 1.54) is 6.92 Å². The molecule has 0 atom stereocenters. The minimum absolute atomic E-state index is 0.0387. The molecule has 3 N–H and O–H groups in total. The van der Waals surface area contributed by atoms with Crippen molar-refractivity contribution < 1.29 is 14.3 Å². The number of aliphatic imine (C=N–C) groups is 1. The first-order valence-electron chi connectivity index (χ1n) is 8.63. The predicted octanol–water partition coefficient (Wildman–Crippen LogP) is 1.29. The third-order valence-corrected chi connectivity index (χ3v) is 3.33. The molecule has 0 aliphatic carbocycles. The number of hydrogen-bond acceptors (Lipinski definition) is 4. The molecular weight excluding hydrogens is 320 g/mol. The van der Waals surface area contributed by atoms with E-state index in [-0.39, 0.29) is 5.91 Å². The molecule has 1 aromatic carbocycles. The second-order valence-electron chi connectivity index (χ2n) is 5.40. The smallest absolute Gasteiger partial charge is 0.216 e. The summed E-state index contributed by atoms with van der Waals surface area (Å²) >= 11 is 0. The lowest BCUT2D eigenvalue weighted by Crippen LogP contribution is -2.41. The van der Waals surface area contributed by atoms with E-state index >= 15 is 0 Å². The Balaban J connectivity index is 2.49. The summed E-state index contributed by atoms with van der Waals surface area (Å²) in [5.41, 5.74) is 1.10. The van der Waals surface area contributed by atoms with Crippen LogP contribution < -0.4 is 20.7 Å². The lowest BCUT2D eigenvalue weighted by Gasteiger charge is -2.13. The number of carbonyl (C=O) groups is 1. The van der Waals surface area contributed by atoms with Crippen LogP contribution in [0.5, 0.6) is 5.75 Å². The number of nitrogens with zero attached hydrogens (tertiary/aromatic N) is 1. The fourth-order valence-corrected chi connectivity index (χ4v) is 2.02. The quantitative estimate of drug-likeness (QED) is 0.318. The van der Waals surface area contributed by atoms with Crippen molar-refractivity contribution in [3.63, 3.8) is 0 Å². The number of methoxy groups -OCH3 is 1. The molecule has 0 unspecified atom stereocenters. The number of guanidine groups is 1. The molecule has 0 aliphatic rings. The van der Waals surface area contributed by atoms with Crippen LogP contribution in [0.3, 0.4) is 0 Å². The summed E-state index contributed by atoms with van der Waals surface area (Å²) in [6.45, 7) is 7.44. The van der Waals surface area contributed by atoms with Gasteiger partial charge in [0.25, 0.3) is 0 Å². The highest BCUT2D eigenvalue weighted by molar-refractivity contribution is 5.79. The van der Waals surface area contributed by atoms with Crippen molar-refractivity contribution in [3.8, 4) is 5.75 Å². The second-order valence-corrected chi connectivity index (χ2v) is 5.40. The lowest BCUT2D eigenvalue weighted by atomic mass is 10.2. The third kappa shape index (κ3) is 10.2. The Morgan fingerprint density at radius 2 is 1.76 bits per heavy atom. The van der Waals surface area contributed by atoms with Crippen molar-refractivity contribution in [2.24, 2.45) is 4.99 Å². The van der Waals surface area contributed by atoms with Crippen LogP contribution in [0, 0.1) is 0 Å². The number of ether oxygens (including phenoxy) is 2. The summed E-state index contributed by atoms with van der Waals surface area (Å²) in [4.78, 5) is 15.5. The van der Waals surface area contributed by atoms with E-state index in [4.69, 9.17) is 9.47 Å². The van der Waals surface area contributed by atoms with Gasteiger partial charge >= 0.3 is 0 Å². The van der Waals surface area contributed by atoms with Crippen molar-refractivity contribution in [2.45, 2.75) is 26.8 Å². The topological polar surface area (TPSA) is 84.0 Å². The maximum Gasteiger partial charge on any atom is 0.216 e. The zero-order valence-electron chi connectivity index (χ0n) is 15.4. The Morgan fingerprint density at radius 1 is 1.08 bits per heavy atom. The van der Waals surface area contributed by atoms with Crippen LogP contribution >= 0.6 is 0 Å². The van der Waals surface area contributed by atoms with E-state index in [0.29, 0.717) is 19.6 Å². The maximum absolute atomic E-state index is 10.9. The standard InChI is InChI=1S/C18H30N4O3/c1-4-25-13-5-10-20-18(21-12-11-19-15(2)23)22-14-16-6-8-17(24-3)9-7-16/h6-9H,4-5,10-14H2,1-3H3,(H,19,23)(H2,20,21,22). The van der Waals surface area contributed by atoms with Crippen LogP contribution in [-0.4, -0.2) is 51.8 Å². The fraction of sp³-hybridized carbons (Fsp3) is 0.556. The fourth-order valence-electron chi connectivity index (χ4n) is 2.02. The van der Waals surface area contributed by atoms with Crippen LogP contribution in [0.2, 0.25) is 0 Å². The SMILES string of the molecule is CCOCCCNC(=NCc1ccc(OC)cc1)NCCNC(C)=O. The Bertz CT molecular complexity index is 518. The first-order chi connectivity index (χ1) is 12.2. The molecule has 0 saturated carbocycles. The van der Waals surface area contributed by atoms with E-state index in [1.54, 1.807) is 7.11 Å². The lowest BCUT2D eigenvalue weighted by molar-refractivity contribution is -0.118. The predicted molar refractivity (Wildman–Crippen MR) is 99.9 cm³/mol. The average molecular weight is 350 g/mol. The molecule has 0 saturated heterocycles. The molecule has 0 radical (unpaired) electrons. The Kier molecular flexibility index (Phi) is 10.8. The number of amides is 1. The van der Waals surface area contributed by atoms with Crippen molar-refractivity contribution in [1.29, 1.82) is 0 Å². The van der Waals surface area contributed by atoms with E-state index in [0.717, 1.165) is 43.5 Å². The second kappa shape index (κ2) is 13.1. The number of benzene rings is 1. The molecular formula is C18H30N4O3. The molecule has 0 heterocycles. The molecule has 25 heavy (non-hydrogen) atoms. The summed E-state index contributed by atoms with van der Waals surface area (Å²) in [6, 6.07) is 7.83. The van der Waals surface area contributed by atoms with Gasteiger partial charge in [-0.1, -0.05) is 12.1 Å². The van der Waals surface area contributed by atoms with Gasteiger partial charge in [-0.2, -0.15) is 0 Å². The molecule has 1 aromatic rings. The number of carbonyl (C=O) groups excluding carboxylic acids is 1. The van der Waals surface area contributed by atoms with Crippen molar-refractivity contribution >= 4 is 11.9 Å². The molecule has 0 aromatic heterocycles. The van der Waals surface area contributed by atoms with Crippen LogP contribution in [0.15, 0.2) is 29.3 Å². The highest BCUT2D eigenvalue weighted by Gasteiger charge is 2.00. The molecule has 7 nitrogen and oxygen atoms in total. The molecule has 0 spiro atoms. The first kappa shape index (κ1) is 20.8. The van der Waals surface area contributed by atoms with Crippen molar-refractivity contribution in [3.05, 3.63) is 29.8 Å². The van der Waals surface area contributed by atoms with Gasteiger partial charge in [0.15, 0.2) is 5.96 Å². The van der Waals surface area contributed by atoms with Gasteiger partial charge in [0, 0.05) is 39.8 Å². The summed E-state index contributed by atoms with van der Waals surface area (Å²) in [5.74, 6) is 1.51. The Labute approximate surface area is 150 Å². The van der Waals surface area contributed by atoms with Crippen molar-refractivity contribution in [2.75, 3.05) is 40.0 Å². The van der Waals surface area contributed by atoms with Crippen LogP contribution in [-0.2, 0) is 16.1 Å². The minimum Gasteiger partial charge on any atom is -0.497 e. The number of nitrogens with one attached hydrogen (secondary N) is 3. The van der Waals surface area contributed by atoms with Crippen LogP contribution in [0.1, 0.15) is 25.8 Å². The molecule has 1 rings (SSSR count). The number of hydrogen-bond donors (Lipinski definition) is 3. The van der Waals surface area contributed by atoms with E-state index in [9.17, 15) is 4.79 Å². The molecule has 7 heteroatoms. The van der Waals surface area contributed by atoms with E-state index in [2.05, 4.69) is 20.9 Å². The van der Waals surface area contributed by atoms with E-state index < -0.39 is 0 Å². The highest BCUT2D eigenvalue weighted by Crippen LogP contribution is 2.11. The van der Waals surface area contributed by atoms with Crippen LogP contribution in [0.4, 0.5) is 0 Å². The minimum atomic E-state index is -0.0387. The molecule has 0 bridgehead atoms. The highest BCUT2D eigenvalue weighted by atomic mass is 16.5. The number of rotatable bonds is 11. The molecule has 1 amide bonds. The monoisotopic (exact) mass is 350 g/mol. The molecule has 0 aliphatic heterocycles. The van der Waals surface area contributed by atoms with Gasteiger partial charge in [-0.15, -0.1) is 0 Å². The van der Waals surface area contributed by atoms with Gasteiger partial charge in [-0.25, -0.2) is 4.99 Å². The first-order valence-corrected chi connectivity index (χ1v) is 8.63. The van der Waals surface area contributed by atoms with Gasteiger partial charge < -0.3 is 25.4 Å². The van der Waals surface area contributed by atoms with Gasteiger partial charge in [-0.3, -0.25) is 4.79 Å². The average Bonchev–Trinajstić information content (AvgIpc) is 2.62. The van der Waals surface area contributed by atoms with Gasteiger partial charge in [0.05, 0.1) is 13.7 Å².